The summed E-state index contributed by atoms with van der Waals surface area (Å²) in [6, 6.07) is 10.1. The van der Waals surface area contributed by atoms with Gasteiger partial charge in [-0.1, -0.05) is 0 Å². The van der Waals surface area contributed by atoms with Crippen molar-refractivity contribution in [2.24, 2.45) is 0 Å². The van der Waals surface area contributed by atoms with E-state index in [1.165, 1.54) is 12.1 Å². The van der Waals surface area contributed by atoms with E-state index in [2.05, 4.69) is 15.1 Å². The predicted molar refractivity (Wildman–Crippen MR) is 112 cm³/mol. The highest BCUT2D eigenvalue weighted by molar-refractivity contribution is 5.95. The zero-order chi connectivity index (χ0) is 20.8. The summed E-state index contributed by atoms with van der Waals surface area (Å²) in [5.74, 6) is 0.899. The molecule has 3 rings (SSSR count). The summed E-state index contributed by atoms with van der Waals surface area (Å²) in [4.78, 5) is 17.1. The second-order valence-electron chi connectivity index (χ2n) is 7.07. The van der Waals surface area contributed by atoms with Crippen LogP contribution in [0, 0.1) is 12.7 Å². The molecule has 7 heteroatoms. The minimum Gasteiger partial charge on any atom is -0.496 e. The number of nitrogens with zero attached hydrogens (tertiary/aromatic N) is 2. The van der Waals surface area contributed by atoms with Crippen LogP contribution in [0.1, 0.15) is 15.9 Å². The zero-order valence-electron chi connectivity index (χ0n) is 17.2. The minimum atomic E-state index is -0.216. The van der Waals surface area contributed by atoms with Gasteiger partial charge in [0.25, 0.3) is 5.91 Å². The highest BCUT2D eigenvalue weighted by Crippen LogP contribution is 2.29. The van der Waals surface area contributed by atoms with Gasteiger partial charge in [-0.05, 0) is 43.3 Å². The molecule has 1 aliphatic rings. The standard InChI is InChI=1S/C22H28FN3O3/c1-16-20(28-2)14-17(15-21(16)29-3)22(27)24-8-9-25-10-12-26(13-11-25)19-6-4-18(23)5-7-19/h4-7,14-15H,8-13H2,1-3H3,(H,24,27). The largest absolute Gasteiger partial charge is 0.496 e. The molecule has 1 N–H and O–H groups in total. The van der Waals surface area contributed by atoms with Gasteiger partial charge in [-0.3, -0.25) is 9.69 Å². The first-order valence-electron chi connectivity index (χ1n) is 9.75. The first kappa shape index (κ1) is 20.9. The Labute approximate surface area is 171 Å². The number of benzene rings is 2. The van der Waals surface area contributed by atoms with E-state index in [0.717, 1.165) is 44.0 Å². The Morgan fingerprint density at radius 1 is 1.03 bits per heavy atom. The maximum atomic E-state index is 13.1. The molecule has 0 saturated carbocycles. The van der Waals surface area contributed by atoms with Crippen LogP contribution in [-0.2, 0) is 0 Å². The number of methoxy groups -OCH3 is 2. The van der Waals surface area contributed by atoms with E-state index < -0.39 is 0 Å². The number of rotatable bonds is 7. The minimum absolute atomic E-state index is 0.147. The van der Waals surface area contributed by atoms with Gasteiger partial charge in [0.05, 0.1) is 14.2 Å². The highest BCUT2D eigenvalue weighted by Gasteiger charge is 2.18. The van der Waals surface area contributed by atoms with Crippen LogP contribution >= 0.6 is 0 Å². The van der Waals surface area contributed by atoms with Crippen molar-refractivity contribution in [1.82, 2.24) is 10.2 Å². The van der Waals surface area contributed by atoms with E-state index in [4.69, 9.17) is 9.47 Å². The summed E-state index contributed by atoms with van der Waals surface area (Å²) in [6.07, 6.45) is 0. The van der Waals surface area contributed by atoms with Crippen molar-refractivity contribution in [2.45, 2.75) is 6.92 Å². The molecular weight excluding hydrogens is 373 g/mol. The number of anilines is 1. The van der Waals surface area contributed by atoms with E-state index in [-0.39, 0.29) is 11.7 Å². The number of hydrogen-bond acceptors (Lipinski definition) is 5. The van der Waals surface area contributed by atoms with Crippen LogP contribution < -0.4 is 19.7 Å². The van der Waals surface area contributed by atoms with Crippen LogP contribution in [-0.4, -0.2) is 64.3 Å². The van der Waals surface area contributed by atoms with Crippen LogP contribution in [0.4, 0.5) is 10.1 Å². The lowest BCUT2D eigenvalue weighted by molar-refractivity contribution is 0.0947. The van der Waals surface area contributed by atoms with E-state index in [1.807, 2.05) is 19.1 Å². The molecule has 2 aromatic rings. The molecule has 0 aliphatic carbocycles. The molecule has 0 atom stereocenters. The summed E-state index contributed by atoms with van der Waals surface area (Å²) in [7, 11) is 3.16. The number of halogens is 1. The van der Waals surface area contributed by atoms with Gasteiger partial charge in [0.1, 0.15) is 17.3 Å². The average Bonchev–Trinajstić information content (AvgIpc) is 2.75. The van der Waals surface area contributed by atoms with Gasteiger partial charge < -0.3 is 19.7 Å². The molecule has 29 heavy (non-hydrogen) atoms. The lowest BCUT2D eigenvalue weighted by atomic mass is 10.1. The molecule has 1 fully saturated rings. The van der Waals surface area contributed by atoms with Crippen molar-refractivity contribution in [3.8, 4) is 11.5 Å². The first-order valence-corrected chi connectivity index (χ1v) is 9.75. The third kappa shape index (κ3) is 5.17. The van der Waals surface area contributed by atoms with Crippen molar-refractivity contribution in [1.29, 1.82) is 0 Å². The van der Waals surface area contributed by atoms with E-state index in [1.54, 1.807) is 26.4 Å². The second kappa shape index (κ2) is 9.60. The summed E-state index contributed by atoms with van der Waals surface area (Å²) >= 11 is 0. The van der Waals surface area contributed by atoms with Gasteiger partial charge in [0, 0.05) is 56.1 Å². The molecule has 0 spiro atoms. The molecule has 0 radical (unpaired) electrons. The monoisotopic (exact) mass is 401 g/mol. The van der Waals surface area contributed by atoms with Crippen LogP contribution in [0.3, 0.4) is 0 Å². The number of ether oxygens (including phenoxy) is 2. The van der Waals surface area contributed by atoms with Crippen LogP contribution in [0.15, 0.2) is 36.4 Å². The van der Waals surface area contributed by atoms with Crippen LogP contribution in [0.5, 0.6) is 11.5 Å². The van der Waals surface area contributed by atoms with E-state index in [0.29, 0.717) is 23.6 Å². The van der Waals surface area contributed by atoms with Crippen LogP contribution in [0.2, 0.25) is 0 Å². The summed E-state index contributed by atoms with van der Waals surface area (Å²) in [5.41, 5.74) is 2.43. The van der Waals surface area contributed by atoms with E-state index in [9.17, 15) is 9.18 Å². The molecule has 6 nitrogen and oxygen atoms in total. The third-order valence-corrected chi connectivity index (χ3v) is 5.29. The topological polar surface area (TPSA) is 54.0 Å². The van der Waals surface area contributed by atoms with Gasteiger partial charge >= 0.3 is 0 Å². The van der Waals surface area contributed by atoms with Gasteiger partial charge in [-0.2, -0.15) is 0 Å². The lowest BCUT2D eigenvalue weighted by Gasteiger charge is -2.36. The molecule has 1 saturated heterocycles. The number of nitrogens with one attached hydrogen (secondary N) is 1. The Morgan fingerprint density at radius 2 is 1.62 bits per heavy atom. The summed E-state index contributed by atoms with van der Waals surface area (Å²) in [5, 5.41) is 2.97. The molecule has 0 aromatic heterocycles. The van der Waals surface area contributed by atoms with Gasteiger partial charge in [-0.25, -0.2) is 4.39 Å². The Kier molecular flexibility index (Phi) is 6.93. The molecule has 2 aromatic carbocycles. The highest BCUT2D eigenvalue weighted by atomic mass is 19.1. The average molecular weight is 401 g/mol. The Hall–Kier alpha value is -2.80. The molecule has 0 bridgehead atoms. The number of piperazine rings is 1. The fraction of sp³-hybridized carbons (Fsp3) is 0.409. The first-order chi connectivity index (χ1) is 14.0. The Bertz CT molecular complexity index is 809. The Morgan fingerprint density at radius 3 is 2.17 bits per heavy atom. The Balaban J connectivity index is 1.47. The van der Waals surface area contributed by atoms with Crippen LogP contribution in [0.25, 0.3) is 0 Å². The van der Waals surface area contributed by atoms with Crippen molar-refractivity contribution in [3.63, 3.8) is 0 Å². The second-order valence-corrected chi connectivity index (χ2v) is 7.07. The fourth-order valence-electron chi connectivity index (χ4n) is 3.53. The fourth-order valence-corrected chi connectivity index (χ4v) is 3.53. The van der Waals surface area contributed by atoms with Gasteiger partial charge in [0.2, 0.25) is 0 Å². The zero-order valence-corrected chi connectivity index (χ0v) is 17.2. The normalized spacial score (nSPS) is 14.6. The van der Waals surface area contributed by atoms with Gasteiger partial charge in [0.15, 0.2) is 0 Å². The predicted octanol–water partition coefficient (Wildman–Crippen LogP) is 2.70. The lowest BCUT2D eigenvalue weighted by Crippen LogP contribution is -2.48. The summed E-state index contributed by atoms with van der Waals surface area (Å²) in [6.45, 7) is 6.80. The smallest absolute Gasteiger partial charge is 0.251 e. The quantitative estimate of drug-likeness (QED) is 0.773. The van der Waals surface area contributed by atoms with Gasteiger partial charge in [-0.15, -0.1) is 0 Å². The molecule has 1 aliphatic heterocycles. The molecular formula is C22H28FN3O3. The SMILES string of the molecule is COc1cc(C(=O)NCCN2CCN(c3ccc(F)cc3)CC2)cc(OC)c1C. The molecule has 1 heterocycles. The maximum Gasteiger partial charge on any atom is 0.251 e. The number of carbonyl (C=O) groups is 1. The van der Waals surface area contributed by atoms with Crippen molar-refractivity contribution in [2.75, 3.05) is 58.4 Å². The summed E-state index contributed by atoms with van der Waals surface area (Å²) < 4.78 is 23.7. The number of hydrogen-bond donors (Lipinski definition) is 1. The van der Waals surface area contributed by atoms with Crippen molar-refractivity contribution >= 4 is 11.6 Å². The third-order valence-electron chi connectivity index (χ3n) is 5.29. The van der Waals surface area contributed by atoms with Crippen molar-refractivity contribution < 1.29 is 18.7 Å². The number of amides is 1. The number of carbonyl (C=O) groups excluding carboxylic acids is 1. The maximum absolute atomic E-state index is 13.1. The van der Waals surface area contributed by atoms with Crippen molar-refractivity contribution in [3.05, 3.63) is 53.3 Å². The molecule has 0 unspecified atom stereocenters. The molecule has 156 valence electrons. The van der Waals surface area contributed by atoms with E-state index >= 15 is 0 Å². The molecule has 1 amide bonds.